The number of nitrogens with zero attached hydrogens (tertiary/aromatic N) is 1. The second kappa shape index (κ2) is 10.8. The van der Waals surface area contributed by atoms with Gasteiger partial charge in [-0.25, -0.2) is 8.78 Å². The average Bonchev–Trinajstić information content (AvgIpc) is 2.77. The Labute approximate surface area is 178 Å². The number of amides is 2. The van der Waals surface area contributed by atoms with Crippen molar-refractivity contribution in [2.75, 3.05) is 6.54 Å². The van der Waals surface area contributed by atoms with Crippen LogP contribution in [0.5, 0.6) is 5.75 Å². The van der Waals surface area contributed by atoms with Crippen LogP contribution in [0.15, 0.2) is 66.9 Å². The van der Waals surface area contributed by atoms with Gasteiger partial charge in [0.25, 0.3) is 5.91 Å². The van der Waals surface area contributed by atoms with Gasteiger partial charge in [-0.3, -0.25) is 14.6 Å². The number of nitrogens with one attached hydrogen (secondary N) is 2. The zero-order valence-corrected chi connectivity index (χ0v) is 16.6. The minimum Gasteiger partial charge on any atom is -0.487 e. The maximum atomic E-state index is 13.6. The number of rotatable bonds is 9. The van der Waals surface area contributed by atoms with E-state index in [0.717, 1.165) is 23.4 Å². The van der Waals surface area contributed by atoms with E-state index in [1.807, 2.05) is 42.5 Å². The first-order valence-electron chi connectivity index (χ1n) is 9.63. The van der Waals surface area contributed by atoms with E-state index in [9.17, 15) is 18.4 Å². The molecule has 2 aromatic carbocycles. The summed E-state index contributed by atoms with van der Waals surface area (Å²) < 4.78 is 32.2. The van der Waals surface area contributed by atoms with Crippen LogP contribution in [0.1, 0.15) is 28.0 Å². The molecular weight excluding hydrogens is 404 g/mol. The molecule has 0 bridgehead atoms. The summed E-state index contributed by atoms with van der Waals surface area (Å²) in [5.41, 5.74) is 1.39. The third kappa shape index (κ3) is 6.88. The number of pyridine rings is 1. The smallest absolute Gasteiger partial charge is 0.254 e. The van der Waals surface area contributed by atoms with Gasteiger partial charge in [0.2, 0.25) is 5.91 Å². The zero-order valence-electron chi connectivity index (χ0n) is 16.6. The van der Waals surface area contributed by atoms with Gasteiger partial charge in [0, 0.05) is 31.8 Å². The molecule has 0 aliphatic heterocycles. The van der Waals surface area contributed by atoms with E-state index in [0.29, 0.717) is 25.0 Å². The van der Waals surface area contributed by atoms with Crippen molar-refractivity contribution in [2.24, 2.45) is 0 Å². The SMILES string of the molecule is O=C(CCNC(=O)c1ccc(F)cc1F)NCc1cccc(OCc2ccccn2)c1. The normalized spacial score (nSPS) is 10.4. The molecule has 0 fully saturated rings. The van der Waals surface area contributed by atoms with Crippen molar-refractivity contribution in [3.8, 4) is 5.75 Å². The van der Waals surface area contributed by atoms with Gasteiger partial charge >= 0.3 is 0 Å². The molecular formula is C23H21F2N3O3. The number of benzene rings is 2. The van der Waals surface area contributed by atoms with Gasteiger partial charge < -0.3 is 15.4 Å². The summed E-state index contributed by atoms with van der Waals surface area (Å²) in [7, 11) is 0. The second-order valence-electron chi connectivity index (χ2n) is 6.66. The Hall–Kier alpha value is -3.81. The predicted octanol–water partition coefficient (Wildman–Crippen LogP) is 3.38. The Morgan fingerprint density at radius 3 is 2.61 bits per heavy atom. The summed E-state index contributed by atoms with van der Waals surface area (Å²) in [5, 5.41) is 5.19. The molecule has 2 amide bonds. The van der Waals surface area contributed by atoms with Crippen molar-refractivity contribution in [1.82, 2.24) is 15.6 Å². The fourth-order valence-electron chi connectivity index (χ4n) is 2.73. The molecule has 2 N–H and O–H groups in total. The molecule has 0 aliphatic rings. The van der Waals surface area contributed by atoms with E-state index >= 15 is 0 Å². The maximum absolute atomic E-state index is 13.6. The number of hydrogen-bond acceptors (Lipinski definition) is 4. The highest BCUT2D eigenvalue weighted by atomic mass is 19.1. The van der Waals surface area contributed by atoms with Crippen LogP contribution in [0.3, 0.4) is 0 Å². The number of carbonyl (C=O) groups excluding carboxylic acids is 2. The first-order valence-corrected chi connectivity index (χ1v) is 9.63. The van der Waals surface area contributed by atoms with Crippen molar-refractivity contribution < 1.29 is 23.1 Å². The number of carbonyl (C=O) groups is 2. The Morgan fingerprint density at radius 1 is 0.968 bits per heavy atom. The Bertz CT molecular complexity index is 1050. The van der Waals surface area contributed by atoms with Crippen molar-refractivity contribution in [3.05, 3.63) is 95.3 Å². The molecule has 0 aliphatic carbocycles. The third-order valence-corrected chi connectivity index (χ3v) is 4.31. The van der Waals surface area contributed by atoms with Crippen LogP contribution in [0.25, 0.3) is 0 Å². The van der Waals surface area contributed by atoms with Crippen LogP contribution < -0.4 is 15.4 Å². The first kappa shape index (κ1) is 21.9. The number of ether oxygens (including phenoxy) is 1. The molecule has 160 valence electrons. The van der Waals surface area contributed by atoms with E-state index in [-0.39, 0.29) is 24.4 Å². The van der Waals surface area contributed by atoms with Crippen LogP contribution in [-0.2, 0) is 17.9 Å². The monoisotopic (exact) mass is 425 g/mol. The molecule has 0 atom stereocenters. The fourth-order valence-corrected chi connectivity index (χ4v) is 2.73. The summed E-state index contributed by atoms with van der Waals surface area (Å²) >= 11 is 0. The largest absolute Gasteiger partial charge is 0.487 e. The highest BCUT2D eigenvalue weighted by Crippen LogP contribution is 2.15. The molecule has 1 heterocycles. The van der Waals surface area contributed by atoms with E-state index < -0.39 is 17.5 Å². The van der Waals surface area contributed by atoms with Crippen molar-refractivity contribution in [1.29, 1.82) is 0 Å². The molecule has 3 aromatic rings. The minimum absolute atomic E-state index is 0.0183. The topological polar surface area (TPSA) is 80.3 Å². The molecule has 0 saturated heterocycles. The highest BCUT2D eigenvalue weighted by molar-refractivity contribution is 5.94. The first-order chi connectivity index (χ1) is 15.0. The summed E-state index contributed by atoms with van der Waals surface area (Å²) in [6.07, 6.45) is 1.72. The van der Waals surface area contributed by atoms with Crippen LogP contribution in [0, 0.1) is 11.6 Å². The molecule has 0 radical (unpaired) electrons. The quantitative estimate of drug-likeness (QED) is 0.551. The summed E-state index contributed by atoms with van der Waals surface area (Å²) in [5.74, 6) is -2.04. The predicted molar refractivity (Wildman–Crippen MR) is 110 cm³/mol. The van der Waals surface area contributed by atoms with Crippen molar-refractivity contribution in [2.45, 2.75) is 19.6 Å². The number of halogens is 2. The fraction of sp³-hybridized carbons (Fsp3) is 0.174. The molecule has 0 unspecified atom stereocenters. The Kier molecular flexibility index (Phi) is 7.64. The molecule has 6 nitrogen and oxygen atoms in total. The van der Waals surface area contributed by atoms with Crippen LogP contribution in [-0.4, -0.2) is 23.3 Å². The van der Waals surface area contributed by atoms with Gasteiger partial charge in [-0.1, -0.05) is 18.2 Å². The van der Waals surface area contributed by atoms with Gasteiger partial charge in [-0.05, 0) is 42.0 Å². The molecule has 31 heavy (non-hydrogen) atoms. The Morgan fingerprint density at radius 2 is 1.84 bits per heavy atom. The standard InChI is InChI=1S/C23H21F2N3O3/c24-17-7-8-20(21(25)13-17)23(30)27-11-9-22(29)28-14-16-4-3-6-19(12-16)31-15-18-5-1-2-10-26-18/h1-8,10,12-13H,9,11,14-15H2,(H,27,30)(H,28,29). The highest BCUT2D eigenvalue weighted by Gasteiger charge is 2.12. The van der Waals surface area contributed by atoms with Gasteiger partial charge in [0.1, 0.15) is 24.0 Å². The Balaban J connectivity index is 1.40. The third-order valence-electron chi connectivity index (χ3n) is 4.31. The minimum atomic E-state index is -0.952. The van der Waals surface area contributed by atoms with Gasteiger partial charge in [-0.2, -0.15) is 0 Å². The lowest BCUT2D eigenvalue weighted by molar-refractivity contribution is -0.121. The summed E-state index contributed by atoms with van der Waals surface area (Å²) in [4.78, 5) is 28.1. The number of aromatic nitrogens is 1. The number of hydrogen-bond donors (Lipinski definition) is 2. The molecule has 0 spiro atoms. The van der Waals surface area contributed by atoms with Crippen molar-refractivity contribution >= 4 is 11.8 Å². The molecule has 0 saturated carbocycles. The van der Waals surface area contributed by atoms with E-state index in [1.54, 1.807) is 6.20 Å². The molecule has 3 rings (SSSR count). The van der Waals surface area contributed by atoms with E-state index in [1.165, 1.54) is 0 Å². The van der Waals surface area contributed by atoms with E-state index in [2.05, 4.69) is 15.6 Å². The van der Waals surface area contributed by atoms with E-state index in [4.69, 9.17) is 4.74 Å². The maximum Gasteiger partial charge on any atom is 0.254 e. The van der Waals surface area contributed by atoms with Crippen molar-refractivity contribution in [3.63, 3.8) is 0 Å². The summed E-state index contributed by atoms with van der Waals surface area (Å²) in [6, 6.07) is 15.6. The zero-order chi connectivity index (χ0) is 22.1. The summed E-state index contributed by atoms with van der Waals surface area (Å²) in [6.45, 7) is 0.653. The van der Waals surface area contributed by atoms with Gasteiger partial charge in [0.15, 0.2) is 0 Å². The lowest BCUT2D eigenvalue weighted by Gasteiger charge is -2.09. The molecule has 1 aromatic heterocycles. The lowest BCUT2D eigenvalue weighted by Crippen LogP contribution is -2.31. The van der Waals surface area contributed by atoms with Gasteiger partial charge in [0.05, 0.1) is 11.3 Å². The average molecular weight is 425 g/mol. The molecule has 8 heteroatoms. The lowest BCUT2D eigenvalue weighted by atomic mass is 10.2. The van der Waals surface area contributed by atoms with Crippen LogP contribution in [0.4, 0.5) is 8.78 Å². The van der Waals surface area contributed by atoms with Gasteiger partial charge in [-0.15, -0.1) is 0 Å². The van der Waals surface area contributed by atoms with Crippen LogP contribution >= 0.6 is 0 Å². The van der Waals surface area contributed by atoms with Crippen LogP contribution in [0.2, 0.25) is 0 Å². The second-order valence-corrected chi connectivity index (χ2v) is 6.66.